The van der Waals surface area contributed by atoms with Gasteiger partial charge in [-0.1, -0.05) is 30.3 Å². The Morgan fingerprint density at radius 3 is 2.22 bits per heavy atom. The SMILES string of the molecule is Nc1nc(N)nc(COC(=O)c2ccccc2NC(=O)c2ccccc2)n1. The molecule has 3 rings (SSSR count). The number of aromatic nitrogens is 3. The smallest absolute Gasteiger partial charge is 0.340 e. The van der Waals surface area contributed by atoms with Gasteiger partial charge in [0.1, 0.15) is 0 Å². The summed E-state index contributed by atoms with van der Waals surface area (Å²) in [6, 6.07) is 15.2. The number of para-hydroxylation sites is 1. The number of nitrogen functional groups attached to an aromatic ring is 2. The van der Waals surface area contributed by atoms with E-state index in [2.05, 4.69) is 20.3 Å². The van der Waals surface area contributed by atoms with Gasteiger partial charge in [-0.15, -0.1) is 0 Å². The molecule has 0 unspecified atom stereocenters. The molecule has 0 atom stereocenters. The fraction of sp³-hybridized carbons (Fsp3) is 0.0556. The predicted molar refractivity (Wildman–Crippen MR) is 98.6 cm³/mol. The van der Waals surface area contributed by atoms with Crippen LogP contribution in [0.1, 0.15) is 26.5 Å². The summed E-state index contributed by atoms with van der Waals surface area (Å²) < 4.78 is 5.20. The van der Waals surface area contributed by atoms with E-state index in [1.165, 1.54) is 0 Å². The third-order valence-electron chi connectivity index (χ3n) is 3.48. The number of ether oxygens (including phenoxy) is 1. The Labute approximate surface area is 154 Å². The summed E-state index contributed by atoms with van der Waals surface area (Å²) in [7, 11) is 0. The minimum atomic E-state index is -0.656. The molecule has 5 N–H and O–H groups in total. The lowest BCUT2D eigenvalue weighted by molar-refractivity contribution is 0.0463. The number of carbonyl (C=O) groups is 2. The quantitative estimate of drug-likeness (QED) is 0.579. The van der Waals surface area contributed by atoms with Gasteiger partial charge in [0, 0.05) is 5.56 Å². The van der Waals surface area contributed by atoms with Gasteiger partial charge in [-0.25, -0.2) is 4.79 Å². The Kier molecular flexibility index (Phi) is 5.22. The Morgan fingerprint density at radius 2 is 1.52 bits per heavy atom. The molecule has 2 aromatic carbocycles. The van der Waals surface area contributed by atoms with Crippen LogP contribution in [0, 0.1) is 0 Å². The van der Waals surface area contributed by atoms with Crippen LogP contribution in [-0.2, 0) is 11.3 Å². The van der Waals surface area contributed by atoms with Crippen molar-refractivity contribution >= 4 is 29.5 Å². The van der Waals surface area contributed by atoms with E-state index < -0.39 is 5.97 Å². The van der Waals surface area contributed by atoms with Gasteiger partial charge < -0.3 is 21.5 Å². The second-order valence-corrected chi connectivity index (χ2v) is 5.41. The zero-order valence-corrected chi connectivity index (χ0v) is 14.1. The number of carbonyl (C=O) groups excluding carboxylic acids is 2. The minimum Gasteiger partial charge on any atom is -0.454 e. The van der Waals surface area contributed by atoms with Crippen molar-refractivity contribution in [3.05, 3.63) is 71.5 Å². The van der Waals surface area contributed by atoms with Crippen LogP contribution in [0.4, 0.5) is 17.6 Å². The standard InChI is InChI=1S/C18H16N6O3/c19-17-22-14(23-18(20)24-17)10-27-16(26)12-8-4-5-9-13(12)21-15(25)11-6-2-1-3-7-11/h1-9H,10H2,(H,21,25)(H4,19,20,22,23,24). The topological polar surface area (TPSA) is 146 Å². The highest BCUT2D eigenvalue weighted by atomic mass is 16.5. The van der Waals surface area contributed by atoms with Crippen LogP contribution < -0.4 is 16.8 Å². The monoisotopic (exact) mass is 364 g/mol. The van der Waals surface area contributed by atoms with Crippen LogP contribution in [0.5, 0.6) is 0 Å². The molecule has 0 aliphatic carbocycles. The van der Waals surface area contributed by atoms with E-state index in [1.807, 2.05) is 6.07 Å². The molecular formula is C18H16N6O3. The fourth-order valence-corrected chi connectivity index (χ4v) is 2.28. The molecule has 0 aliphatic rings. The van der Waals surface area contributed by atoms with Gasteiger partial charge in [-0.3, -0.25) is 4.79 Å². The molecule has 1 amide bonds. The van der Waals surface area contributed by atoms with E-state index in [9.17, 15) is 9.59 Å². The number of rotatable bonds is 5. The third-order valence-corrected chi connectivity index (χ3v) is 3.48. The summed E-state index contributed by atoms with van der Waals surface area (Å²) in [5.74, 6) is -1.00. The molecule has 136 valence electrons. The summed E-state index contributed by atoms with van der Waals surface area (Å²) in [5.41, 5.74) is 11.9. The Morgan fingerprint density at radius 1 is 0.889 bits per heavy atom. The molecule has 9 heteroatoms. The third kappa shape index (κ3) is 4.54. The Hall–Kier alpha value is -4.01. The summed E-state index contributed by atoms with van der Waals surface area (Å²) >= 11 is 0. The zero-order chi connectivity index (χ0) is 19.2. The highest BCUT2D eigenvalue weighted by Crippen LogP contribution is 2.18. The number of hydrogen-bond acceptors (Lipinski definition) is 8. The number of nitrogens with two attached hydrogens (primary N) is 2. The van der Waals surface area contributed by atoms with Gasteiger partial charge >= 0.3 is 5.97 Å². The average molecular weight is 364 g/mol. The van der Waals surface area contributed by atoms with E-state index in [4.69, 9.17) is 16.2 Å². The van der Waals surface area contributed by atoms with E-state index in [1.54, 1.807) is 48.5 Å². The number of nitrogens with zero attached hydrogens (tertiary/aromatic N) is 3. The molecule has 9 nitrogen and oxygen atoms in total. The maximum atomic E-state index is 12.4. The maximum Gasteiger partial charge on any atom is 0.340 e. The van der Waals surface area contributed by atoms with Crippen LogP contribution in [0.15, 0.2) is 54.6 Å². The second-order valence-electron chi connectivity index (χ2n) is 5.41. The fourth-order valence-electron chi connectivity index (χ4n) is 2.28. The van der Waals surface area contributed by atoms with Crippen molar-refractivity contribution in [3.63, 3.8) is 0 Å². The molecule has 0 bridgehead atoms. The predicted octanol–water partition coefficient (Wildman–Crippen LogP) is 1.65. The summed E-state index contributed by atoms with van der Waals surface area (Å²) in [6.45, 7) is -0.239. The van der Waals surface area contributed by atoms with Crippen molar-refractivity contribution in [1.82, 2.24) is 15.0 Å². The first kappa shape index (κ1) is 17.8. The van der Waals surface area contributed by atoms with Gasteiger partial charge in [0.05, 0.1) is 11.3 Å². The average Bonchev–Trinajstić information content (AvgIpc) is 2.66. The van der Waals surface area contributed by atoms with Crippen LogP contribution in [0.25, 0.3) is 0 Å². The molecule has 0 aliphatic heterocycles. The van der Waals surface area contributed by atoms with Gasteiger partial charge in [0.2, 0.25) is 11.9 Å². The number of benzene rings is 2. The molecule has 0 fully saturated rings. The first-order valence-electron chi connectivity index (χ1n) is 7.91. The van der Waals surface area contributed by atoms with E-state index in [0.717, 1.165) is 0 Å². The minimum absolute atomic E-state index is 0.0657. The molecule has 0 radical (unpaired) electrons. The number of amides is 1. The van der Waals surface area contributed by atoms with Crippen molar-refractivity contribution in [2.24, 2.45) is 0 Å². The molecule has 27 heavy (non-hydrogen) atoms. The van der Waals surface area contributed by atoms with Crippen molar-refractivity contribution in [2.75, 3.05) is 16.8 Å². The van der Waals surface area contributed by atoms with Crippen molar-refractivity contribution in [1.29, 1.82) is 0 Å². The van der Waals surface area contributed by atoms with Gasteiger partial charge in [0.15, 0.2) is 12.4 Å². The summed E-state index contributed by atoms with van der Waals surface area (Å²) in [4.78, 5) is 36.1. The molecule has 0 saturated carbocycles. The maximum absolute atomic E-state index is 12.4. The lowest BCUT2D eigenvalue weighted by Gasteiger charge is -2.11. The summed E-state index contributed by atoms with van der Waals surface area (Å²) in [6.07, 6.45) is 0. The molecule has 3 aromatic rings. The zero-order valence-electron chi connectivity index (χ0n) is 14.1. The van der Waals surface area contributed by atoms with Crippen LogP contribution >= 0.6 is 0 Å². The molecule has 0 spiro atoms. The normalized spacial score (nSPS) is 10.2. The lowest BCUT2D eigenvalue weighted by atomic mass is 10.1. The van der Waals surface area contributed by atoms with E-state index in [-0.39, 0.29) is 35.8 Å². The van der Waals surface area contributed by atoms with Crippen LogP contribution in [0.3, 0.4) is 0 Å². The first-order chi connectivity index (χ1) is 13.0. The Bertz CT molecular complexity index is 958. The molecular weight excluding hydrogens is 348 g/mol. The highest BCUT2D eigenvalue weighted by molar-refractivity contribution is 6.07. The van der Waals surface area contributed by atoms with Crippen LogP contribution in [-0.4, -0.2) is 26.8 Å². The largest absolute Gasteiger partial charge is 0.454 e. The number of hydrogen-bond donors (Lipinski definition) is 3. The summed E-state index contributed by atoms with van der Waals surface area (Å²) in [5, 5.41) is 2.70. The molecule has 0 saturated heterocycles. The van der Waals surface area contributed by atoms with Gasteiger partial charge in [-0.05, 0) is 24.3 Å². The Balaban J connectivity index is 1.73. The highest BCUT2D eigenvalue weighted by Gasteiger charge is 2.16. The van der Waals surface area contributed by atoms with E-state index in [0.29, 0.717) is 11.3 Å². The second kappa shape index (κ2) is 7.91. The van der Waals surface area contributed by atoms with E-state index >= 15 is 0 Å². The number of nitrogens with one attached hydrogen (secondary N) is 1. The number of anilines is 3. The lowest BCUT2D eigenvalue weighted by Crippen LogP contribution is -2.16. The van der Waals surface area contributed by atoms with Crippen molar-refractivity contribution < 1.29 is 14.3 Å². The van der Waals surface area contributed by atoms with Gasteiger partial charge in [0.25, 0.3) is 5.91 Å². The van der Waals surface area contributed by atoms with Crippen molar-refractivity contribution in [3.8, 4) is 0 Å². The first-order valence-corrected chi connectivity index (χ1v) is 7.91. The van der Waals surface area contributed by atoms with Crippen molar-refractivity contribution in [2.45, 2.75) is 6.61 Å². The number of esters is 1. The molecule has 1 aromatic heterocycles. The molecule has 1 heterocycles. The van der Waals surface area contributed by atoms with Crippen LogP contribution in [0.2, 0.25) is 0 Å². The van der Waals surface area contributed by atoms with Gasteiger partial charge in [-0.2, -0.15) is 15.0 Å².